The molecule has 2 fully saturated rings. The van der Waals surface area contributed by atoms with Gasteiger partial charge in [0.1, 0.15) is 12.1 Å². The van der Waals surface area contributed by atoms with E-state index in [1.165, 1.54) is 6.92 Å². The zero-order valence-electron chi connectivity index (χ0n) is 20.5. The number of aliphatic hydroxyl groups excluding tert-OH is 1. The average molecular weight is 486 g/mol. The van der Waals surface area contributed by atoms with Crippen LogP contribution in [0.1, 0.15) is 54.4 Å². The highest BCUT2D eigenvalue weighted by Gasteiger charge is 2.78. The Hall–Kier alpha value is -2.89. The maximum Gasteiger partial charge on any atom is 0.408 e. The molecule has 0 aromatic carbocycles. The predicted octanol–water partition coefficient (Wildman–Crippen LogP) is 0.273. The van der Waals surface area contributed by atoms with Crippen molar-refractivity contribution in [2.45, 2.75) is 71.6 Å². The maximum atomic E-state index is 13.2. The van der Waals surface area contributed by atoms with Crippen LogP contribution < -0.4 is 10.7 Å². The van der Waals surface area contributed by atoms with Gasteiger partial charge in [-0.2, -0.15) is 0 Å². The van der Waals surface area contributed by atoms with Crippen molar-refractivity contribution < 1.29 is 43.3 Å². The van der Waals surface area contributed by atoms with Crippen LogP contribution in [0.2, 0.25) is 0 Å². The quantitative estimate of drug-likeness (QED) is 0.249. The van der Waals surface area contributed by atoms with Crippen molar-refractivity contribution in [3.63, 3.8) is 0 Å². The minimum atomic E-state index is -1.80. The fraction of sp³-hybridized carbons (Fsp3) is 0.773. The molecule has 0 radical (unpaired) electrons. The van der Waals surface area contributed by atoms with E-state index in [2.05, 4.69) is 10.7 Å². The summed E-state index contributed by atoms with van der Waals surface area (Å²) < 4.78 is 15.4. The van der Waals surface area contributed by atoms with Crippen molar-refractivity contribution in [2.75, 3.05) is 19.8 Å². The van der Waals surface area contributed by atoms with Crippen molar-refractivity contribution in [2.24, 2.45) is 17.8 Å². The first kappa shape index (κ1) is 27.4. The number of nitrogens with one attached hydrogen (secondary N) is 2. The van der Waals surface area contributed by atoms with Crippen LogP contribution in [-0.2, 0) is 33.4 Å². The van der Waals surface area contributed by atoms with Gasteiger partial charge in [0, 0.05) is 24.7 Å². The van der Waals surface area contributed by atoms with E-state index in [1.54, 1.807) is 34.6 Å². The van der Waals surface area contributed by atoms with E-state index in [0.717, 1.165) is 5.01 Å². The lowest BCUT2D eigenvalue weighted by Crippen LogP contribution is -2.66. The van der Waals surface area contributed by atoms with Crippen LogP contribution >= 0.6 is 0 Å². The Morgan fingerprint density at radius 2 is 1.68 bits per heavy atom. The average Bonchev–Trinajstić information content (AvgIpc) is 3.42. The van der Waals surface area contributed by atoms with Gasteiger partial charge in [-0.15, -0.1) is 0 Å². The molecular weight excluding hydrogens is 450 g/mol. The molecule has 0 saturated heterocycles. The number of hydrazine groups is 1. The van der Waals surface area contributed by atoms with Crippen LogP contribution in [0.15, 0.2) is 0 Å². The Morgan fingerprint density at radius 3 is 2.21 bits per heavy atom. The minimum absolute atomic E-state index is 0.0135. The lowest BCUT2D eigenvalue weighted by atomic mass is 9.88. The summed E-state index contributed by atoms with van der Waals surface area (Å²) in [4.78, 5) is 63.2. The summed E-state index contributed by atoms with van der Waals surface area (Å²) >= 11 is 0. The normalized spacial score (nSPS) is 27.1. The molecule has 2 saturated carbocycles. The Kier molecular flexibility index (Phi) is 8.51. The van der Waals surface area contributed by atoms with E-state index >= 15 is 0 Å². The van der Waals surface area contributed by atoms with E-state index in [1.807, 2.05) is 0 Å². The predicted molar refractivity (Wildman–Crippen MR) is 117 cm³/mol. The third-order valence-electron chi connectivity index (χ3n) is 5.76. The van der Waals surface area contributed by atoms with Crippen LogP contribution in [0.4, 0.5) is 4.79 Å². The Bertz CT molecular complexity index is 825. The molecule has 192 valence electrons. The lowest BCUT2D eigenvalue weighted by Gasteiger charge is -2.40. The molecule has 3 N–H and O–H groups in total. The summed E-state index contributed by atoms with van der Waals surface area (Å²) in [6.45, 7) is 9.30. The summed E-state index contributed by atoms with van der Waals surface area (Å²) in [6.07, 6.45) is -2.23. The molecule has 0 bridgehead atoms. The lowest BCUT2D eigenvalue weighted by molar-refractivity contribution is -0.174. The van der Waals surface area contributed by atoms with Crippen molar-refractivity contribution in [1.29, 1.82) is 0 Å². The van der Waals surface area contributed by atoms with E-state index in [9.17, 15) is 29.1 Å². The van der Waals surface area contributed by atoms with Gasteiger partial charge in [0.15, 0.2) is 5.54 Å². The van der Waals surface area contributed by atoms with Gasteiger partial charge in [-0.05, 0) is 34.6 Å². The van der Waals surface area contributed by atoms with Crippen molar-refractivity contribution >= 4 is 29.8 Å². The van der Waals surface area contributed by atoms with Crippen LogP contribution in [0.25, 0.3) is 0 Å². The van der Waals surface area contributed by atoms with Gasteiger partial charge in [-0.25, -0.2) is 14.6 Å². The first-order valence-corrected chi connectivity index (χ1v) is 11.4. The maximum absolute atomic E-state index is 13.2. The molecule has 5 atom stereocenters. The van der Waals surface area contributed by atoms with E-state index in [0.29, 0.717) is 0 Å². The standard InChI is InChI=1S/C22H35N3O9/c1-7-14(28)25(24-13(27)11-23-20(31)34-21(4,5)6)22(19(30)33-9-3)10-12(26)15-16(17(15)22)18(29)32-8-2/h12,15-17,26H,7-11H2,1-6H3,(H,23,31)(H,24,27)/t12-,15-,16-,17-,22-/m0/s1. The number of esters is 2. The summed E-state index contributed by atoms with van der Waals surface area (Å²) in [6, 6.07) is 0. The smallest absolute Gasteiger partial charge is 0.408 e. The number of alkyl carbamates (subject to hydrolysis) is 1. The highest BCUT2D eigenvalue weighted by Crippen LogP contribution is 2.64. The van der Waals surface area contributed by atoms with Crippen LogP contribution in [0.5, 0.6) is 0 Å². The second kappa shape index (κ2) is 10.6. The van der Waals surface area contributed by atoms with Gasteiger partial charge >= 0.3 is 18.0 Å². The Labute approximate surface area is 198 Å². The molecule has 3 amide bonds. The number of amides is 3. The molecule has 34 heavy (non-hydrogen) atoms. The van der Waals surface area contributed by atoms with E-state index < -0.39 is 71.4 Å². The number of aliphatic hydroxyl groups is 1. The fourth-order valence-electron chi connectivity index (χ4n) is 4.54. The third-order valence-corrected chi connectivity index (χ3v) is 5.76. The topological polar surface area (TPSA) is 161 Å². The number of rotatable bonds is 8. The van der Waals surface area contributed by atoms with Gasteiger partial charge in [0.25, 0.3) is 5.91 Å². The highest BCUT2D eigenvalue weighted by molar-refractivity contribution is 5.94. The molecule has 0 aromatic rings. The molecule has 0 aromatic heterocycles. The van der Waals surface area contributed by atoms with Gasteiger partial charge < -0.3 is 24.6 Å². The minimum Gasteiger partial charge on any atom is -0.466 e. The van der Waals surface area contributed by atoms with Crippen molar-refractivity contribution in [3.8, 4) is 0 Å². The molecule has 2 rings (SSSR count). The number of ether oxygens (including phenoxy) is 3. The zero-order chi connectivity index (χ0) is 25.8. The fourth-order valence-corrected chi connectivity index (χ4v) is 4.54. The van der Waals surface area contributed by atoms with Crippen LogP contribution in [0.3, 0.4) is 0 Å². The first-order chi connectivity index (χ1) is 15.8. The number of carbonyl (C=O) groups excluding carboxylic acids is 5. The molecule has 0 spiro atoms. The second-order valence-electron chi connectivity index (χ2n) is 9.27. The number of carbonyl (C=O) groups is 5. The molecular formula is C22H35N3O9. The zero-order valence-corrected chi connectivity index (χ0v) is 20.5. The highest BCUT2D eigenvalue weighted by atomic mass is 16.6. The largest absolute Gasteiger partial charge is 0.466 e. The summed E-state index contributed by atoms with van der Waals surface area (Å²) in [5.74, 6) is -5.09. The Morgan fingerprint density at radius 1 is 1.06 bits per heavy atom. The third kappa shape index (κ3) is 5.60. The second-order valence-corrected chi connectivity index (χ2v) is 9.27. The van der Waals surface area contributed by atoms with E-state index in [4.69, 9.17) is 14.2 Å². The number of hydrogen-bond donors (Lipinski definition) is 3. The molecule has 0 heterocycles. The Balaban J connectivity index is 2.31. The van der Waals surface area contributed by atoms with Crippen LogP contribution in [-0.4, -0.2) is 77.0 Å². The molecule has 2 aliphatic rings. The van der Waals surface area contributed by atoms with Gasteiger partial charge in [-0.1, -0.05) is 6.92 Å². The monoisotopic (exact) mass is 485 g/mol. The number of hydrogen-bond acceptors (Lipinski definition) is 9. The number of fused-ring (bicyclic) bond motifs is 1. The van der Waals surface area contributed by atoms with Crippen molar-refractivity contribution in [3.05, 3.63) is 0 Å². The van der Waals surface area contributed by atoms with E-state index in [-0.39, 0.29) is 26.1 Å². The van der Waals surface area contributed by atoms with Gasteiger partial charge in [0.05, 0.1) is 25.2 Å². The van der Waals surface area contributed by atoms with Gasteiger partial charge in [-0.3, -0.25) is 19.8 Å². The SMILES string of the molecule is CCOC(=O)[C@H]1[C@H]2[C@@H]1[C@@](C(=O)OCC)(N(NC(=O)CNC(=O)OC(C)(C)C)C(=O)CC)C[C@@H]2O. The van der Waals surface area contributed by atoms with Gasteiger partial charge in [0.2, 0.25) is 5.91 Å². The molecule has 0 aliphatic heterocycles. The number of nitrogens with zero attached hydrogens (tertiary/aromatic N) is 1. The molecule has 12 nitrogen and oxygen atoms in total. The molecule has 2 aliphatic carbocycles. The summed E-state index contributed by atoms with van der Waals surface area (Å²) in [5, 5.41) is 13.8. The molecule has 0 unspecified atom stereocenters. The van der Waals surface area contributed by atoms with Crippen LogP contribution in [0, 0.1) is 17.8 Å². The summed E-state index contributed by atoms with van der Waals surface area (Å²) in [7, 11) is 0. The summed E-state index contributed by atoms with van der Waals surface area (Å²) in [5.41, 5.74) is -0.188. The van der Waals surface area contributed by atoms with Crippen molar-refractivity contribution in [1.82, 2.24) is 15.8 Å². The molecule has 12 heteroatoms. The first-order valence-electron chi connectivity index (χ1n) is 11.4.